The second kappa shape index (κ2) is 5.67. The summed E-state index contributed by atoms with van der Waals surface area (Å²) in [5, 5.41) is 9.40. The predicted octanol–water partition coefficient (Wildman–Crippen LogP) is 0.476. The van der Waals surface area contributed by atoms with Gasteiger partial charge in [0, 0.05) is 11.6 Å². The number of carboxylic acid groups (broad SMARTS) is 1. The van der Waals surface area contributed by atoms with E-state index in [-0.39, 0.29) is 29.0 Å². The van der Waals surface area contributed by atoms with Crippen molar-refractivity contribution in [2.75, 3.05) is 7.11 Å². The third kappa shape index (κ3) is 2.36. The van der Waals surface area contributed by atoms with Gasteiger partial charge < -0.3 is 19.6 Å². The maximum absolute atomic E-state index is 12.3. The van der Waals surface area contributed by atoms with Gasteiger partial charge in [-0.05, 0) is 6.07 Å². The van der Waals surface area contributed by atoms with Crippen molar-refractivity contribution in [1.29, 1.82) is 0 Å². The lowest BCUT2D eigenvalue weighted by Crippen LogP contribution is -2.24. The summed E-state index contributed by atoms with van der Waals surface area (Å²) in [7, 11) is 1.12. The van der Waals surface area contributed by atoms with Gasteiger partial charge in [0.05, 0.1) is 23.9 Å². The molecule has 0 aliphatic heterocycles. The van der Waals surface area contributed by atoms with Crippen molar-refractivity contribution >= 4 is 30.0 Å². The van der Waals surface area contributed by atoms with Gasteiger partial charge >= 0.3 is 11.9 Å². The van der Waals surface area contributed by atoms with E-state index in [9.17, 15) is 29.1 Å². The minimum absolute atomic E-state index is 0.00487. The molecule has 0 bridgehead atoms. The number of hydrogen-bond donors (Lipinski definition) is 2. The number of aromatic carboxylic acids is 1. The summed E-state index contributed by atoms with van der Waals surface area (Å²) in [5.41, 5.74) is -1.46. The van der Waals surface area contributed by atoms with E-state index in [1.54, 1.807) is 0 Å². The molecule has 126 valence electrons. The molecule has 0 spiro atoms. The fourth-order valence-electron chi connectivity index (χ4n) is 2.50. The molecule has 0 atom stereocenters. The van der Waals surface area contributed by atoms with Gasteiger partial charge in [-0.2, -0.15) is 0 Å². The molecule has 2 heterocycles. The Labute approximate surface area is 138 Å². The molecular formula is C15H8N2O8. The molecular weight excluding hydrogens is 336 g/mol. The maximum atomic E-state index is 12.3. The molecule has 0 aromatic carbocycles. The highest BCUT2D eigenvalue weighted by atomic mass is 16.5. The number of carbonyl (C=O) groups excluding carboxylic acids is 4. The molecule has 1 aliphatic rings. The molecule has 2 N–H and O–H groups in total. The van der Waals surface area contributed by atoms with E-state index < -0.39 is 40.6 Å². The minimum Gasteiger partial charge on any atom is -0.478 e. The summed E-state index contributed by atoms with van der Waals surface area (Å²) < 4.78 is 9.03. The molecule has 0 unspecified atom stereocenters. The van der Waals surface area contributed by atoms with Crippen LogP contribution in [0, 0.1) is 0 Å². The van der Waals surface area contributed by atoms with Gasteiger partial charge in [-0.15, -0.1) is 0 Å². The van der Waals surface area contributed by atoms with E-state index in [1.807, 2.05) is 0 Å². The first-order valence-electron chi connectivity index (χ1n) is 6.68. The van der Waals surface area contributed by atoms with E-state index in [4.69, 9.17) is 0 Å². The van der Waals surface area contributed by atoms with Crippen molar-refractivity contribution in [3.8, 4) is 17.1 Å². The van der Waals surface area contributed by atoms with Crippen LogP contribution < -0.4 is 4.74 Å². The number of ketones is 2. The SMILES string of the molecule is COC(=O)c1cc2c([nH]1)-c1c(C(=O)O)cc(OC=O)nc1C(=O)C2=O. The van der Waals surface area contributed by atoms with Crippen LogP contribution in [0.25, 0.3) is 11.3 Å². The molecule has 25 heavy (non-hydrogen) atoms. The van der Waals surface area contributed by atoms with Crippen LogP contribution in [0.1, 0.15) is 41.7 Å². The summed E-state index contributed by atoms with van der Waals surface area (Å²) >= 11 is 0. The van der Waals surface area contributed by atoms with Crippen molar-refractivity contribution in [1.82, 2.24) is 9.97 Å². The Morgan fingerprint density at radius 3 is 2.56 bits per heavy atom. The highest BCUT2D eigenvalue weighted by Crippen LogP contribution is 2.37. The standard InChI is InChI=1S/C15H8N2O8/c1-24-15(23)7-2-6-10(16-7)9-5(14(21)22)3-8(25-4-18)17-11(9)13(20)12(6)19/h2-4,16H,1H3,(H,21,22). The average Bonchev–Trinajstić information content (AvgIpc) is 3.03. The zero-order valence-electron chi connectivity index (χ0n) is 12.5. The molecule has 0 radical (unpaired) electrons. The largest absolute Gasteiger partial charge is 0.478 e. The molecule has 1 aliphatic carbocycles. The first kappa shape index (κ1) is 16.1. The molecule has 2 aromatic heterocycles. The summed E-state index contributed by atoms with van der Waals surface area (Å²) in [5.74, 6) is -4.77. The highest BCUT2D eigenvalue weighted by Gasteiger charge is 2.38. The maximum Gasteiger partial charge on any atom is 0.354 e. The predicted molar refractivity (Wildman–Crippen MR) is 77.7 cm³/mol. The van der Waals surface area contributed by atoms with Crippen LogP contribution in [0.15, 0.2) is 12.1 Å². The number of Topliss-reactive ketones (excluding diaryl/α,β-unsaturated/α-hetero) is 2. The molecule has 10 heteroatoms. The molecule has 10 nitrogen and oxygen atoms in total. The number of aromatic nitrogens is 2. The second-order valence-electron chi connectivity index (χ2n) is 4.87. The van der Waals surface area contributed by atoms with E-state index in [2.05, 4.69) is 19.4 Å². The van der Waals surface area contributed by atoms with Crippen LogP contribution in [-0.4, -0.2) is 52.2 Å². The second-order valence-corrected chi connectivity index (χ2v) is 4.87. The average molecular weight is 344 g/mol. The number of H-pyrrole nitrogens is 1. The number of carbonyl (C=O) groups is 5. The summed E-state index contributed by atoms with van der Waals surface area (Å²) in [6.07, 6.45) is 0. The number of pyridine rings is 1. The molecule has 0 amide bonds. The monoisotopic (exact) mass is 344 g/mol. The van der Waals surface area contributed by atoms with Gasteiger partial charge in [0.2, 0.25) is 11.7 Å². The number of aromatic amines is 1. The number of esters is 1. The van der Waals surface area contributed by atoms with E-state index >= 15 is 0 Å². The van der Waals surface area contributed by atoms with Crippen LogP contribution in [0.4, 0.5) is 0 Å². The zero-order valence-corrected chi connectivity index (χ0v) is 12.5. The van der Waals surface area contributed by atoms with E-state index in [0.29, 0.717) is 0 Å². The first-order valence-corrected chi connectivity index (χ1v) is 6.68. The van der Waals surface area contributed by atoms with Crippen LogP contribution in [0.5, 0.6) is 5.88 Å². The quantitative estimate of drug-likeness (QED) is 0.458. The molecule has 2 aromatic rings. The topological polar surface area (TPSA) is 153 Å². The van der Waals surface area contributed by atoms with Crippen molar-refractivity contribution in [3.63, 3.8) is 0 Å². The Morgan fingerprint density at radius 1 is 1.24 bits per heavy atom. The van der Waals surface area contributed by atoms with Crippen molar-refractivity contribution < 1.29 is 38.6 Å². The molecule has 0 saturated heterocycles. The van der Waals surface area contributed by atoms with Crippen molar-refractivity contribution in [2.45, 2.75) is 0 Å². The summed E-state index contributed by atoms with van der Waals surface area (Å²) in [6, 6.07) is 2.03. The number of fused-ring (bicyclic) bond motifs is 3. The third-order valence-corrected chi connectivity index (χ3v) is 3.53. The lowest BCUT2D eigenvalue weighted by molar-refractivity contribution is -0.120. The number of ether oxygens (including phenoxy) is 2. The number of nitrogens with zero attached hydrogens (tertiary/aromatic N) is 1. The number of nitrogens with one attached hydrogen (secondary N) is 1. The van der Waals surface area contributed by atoms with Crippen molar-refractivity contribution in [3.05, 3.63) is 34.6 Å². The van der Waals surface area contributed by atoms with Gasteiger partial charge in [-0.3, -0.25) is 14.4 Å². The van der Waals surface area contributed by atoms with Crippen LogP contribution >= 0.6 is 0 Å². The number of carboxylic acids is 1. The lowest BCUT2D eigenvalue weighted by Gasteiger charge is -2.16. The number of methoxy groups -OCH3 is 1. The third-order valence-electron chi connectivity index (χ3n) is 3.53. The normalized spacial score (nSPS) is 12.2. The number of rotatable bonds is 4. The van der Waals surface area contributed by atoms with Crippen LogP contribution in [0.2, 0.25) is 0 Å². The Kier molecular flexibility index (Phi) is 3.64. The van der Waals surface area contributed by atoms with Gasteiger partial charge in [0.15, 0.2) is 0 Å². The smallest absolute Gasteiger partial charge is 0.354 e. The fourth-order valence-corrected chi connectivity index (χ4v) is 2.50. The van der Waals surface area contributed by atoms with Crippen molar-refractivity contribution in [2.24, 2.45) is 0 Å². The number of hydrogen-bond acceptors (Lipinski definition) is 8. The summed E-state index contributed by atoms with van der Waals surface area (Å²) in [4.78, 5) is 64.5. The van der Waals surface area contributed by atoms with Crippen LogP contribution in [0.3, 0.4) is 0 Å². The van der Waals surface area contributed by atoms with Gasteiger partial charge in [0.25, 0.3) is 12.3 Å². The first-order chi connectivity index (χ1) is 11.9. The fraction of sp³-hybridized carbons (Fsp3) is 0.0667. The summed E-state index contributed by atoms with van der Waals surface area (Å²) in [6.45, 7) is 0.00487. The van der Waals surface area contributed by atoms with Gasteiger partial charge in [-0.25, -0.2) is 14.6 Å². The zero-order chi connectivity index (χ0) is 18.3. The Bertz CT molecular complexity index is 972. The van der Waals surface area contributed by atoms with Gasteiger partial charge in [0.1, 0.15) is 11.4 Å². The molecule has 3 rings (SSSR count). The Morgan fingerprint density at radius 2 is 1.96 bits per heavy atom. The lowest BCUT2D eigenvalue weighted by atomic mass is 9.89. The van der Waals surface area contributed by atoms with Crippen LogP contribution in [-0.2, 0) is 9.53 Å². The Balaban J connectivity index is 2.35. The van der Waals surface area contributed by atoms with Gasteiger partial charge in [-0.1, -0.05) is 0 Å². The van der Waals surface area contributed by atoms with E-state index in [1.165, 1.54) is 0 Å². The minimum atomic E-state index is -1.45. The molecule has 0 fully saturated rings. The molecule has 0 saturated carbocycles. The van der Waals surface area contributed by atoms with E-state index in [0.717, 1.165) is 19.2 Å². The Hall–Kier alpha value is -3.82. The highest BCUT2D eigenvalue weighted by molar-refractivity contribution is 6.52.